The van der Waals surface area contributed by atoms with E-state index in [-0.39, 0.29) is 11.5 Å². The van der Waals surface area contributed by atoms with E-state index in [2.05, 4.69) is 5.32 Å². The van der Waals surface area contributed by atoms with Gasteiger partial charge in [-0.05, 0) is 41.6 Å². The molecule has 0 bridgehead atoms. The van der Waals surface area contributed by atoms with Crippen molar-refractivity contribution in [2.24, 2.45) is 7.05 Å². The second kappa shape index (κ2) is 7.21. The van der Waals surface area contributed by atoms with Crippen LogP contribution < -0.4 is 15.6 Å². The maximum Gasteiger partial charge on any atom is 0.268 e. The number of amides is 1. The van der Waals surface area contributed by atoms with Crippen molar-refractivity contribution in [1.82, 2.24) is 9.88 Å². The summed E-state index contributed by atoms with van der Waals surface area (Å²) in [4.78, 5) is 25.0. The Morgan fingerprint density at radius 1 is 1.12 bits per heavy atom. The number of rotatable bonds is 5. The molecular weight excluding hydrogens is 316 g/mol. The van der Waals surface area contributed by atoms with Crippen LogP contribution in [0.2, 0.25) is 0 Å². The molecule has 2 aromatic carbocycles. The van der Waals surface area contributed by atoms with Gasteiger partial charge in [0.2, 0.25) is 0 Å². The van der Waals surface area contributed by atoms with Gasteiger partial charge in [0, 0.05) is 19.0 Å². The zero-order chi connectivity index (χ0) is 17.8. The predicted octanol–water partition coefficient (Wildman–Crippen LogP) is 2.52. The molecule has 1 heterocycles. The minimum absolute atomic E-state index is 0.201. The van der Waals surface area contributed by atoms with E-state index in [0.717, 1.165) is 12.0 Å². The van der Waals surface area contributed by atoms with Gasteiger partial charge in [-0.3, -0.25) is 9.59 Å². The third-order valence-corrected chi connectivity index (χ3v) is 4.22. The number of carbonyl (C=O) groups excluding carboxylic acids is 1. The number of hydrogen-bond acceptors (Lipinski definition) is 3. The fourth-order valence-electron chi connectivity index (χ4n) is 2.79. The number of aromatic nitrogens is 1. The molecule has 5 heteroatoms. The zero-order valence-corrected chi connectivity index (χ0v) is 14.3. The average molecular weight is 336 g/mol. The fourth-order valence-corrected chi connectivity index (χ4v) is 2.79. The first kappa shape index (κ1) is 16.8. The van der Waals surface area contributed by atoms with Gasteiger partial charge in [0.05, 0.1) is 7.11 Å². The lowest BCUT2D eigenvalue weighted by atomic mass is 10.1. The van der Waals surface area contributed by atoms with E-state index in [0.29, 0.717) is 28.8 Å². The van der Waals surface area contributed by atoms with E-state index in [1.165, 1.54) is 4.57 Å². The molecule has 0 saturated heterocycles. The molecule has 0 aliphatic rings. The normalized spacial score (nSPS) is 10.6. The molecule has 128 valence electrons. The molecule has 0 fully saturated rings. The van der Waals surface area contributed by atoms with E-state index >= 15 is 0 Å². The number of hydrogen-bond donors (Lipinski definition) is 1. The van der Waals surface area contributed by atoms with Gasteiger partial charge in [-0.25, -0.2) is 0 Å². The highest BCUT2D eigenvalue weighted by molar-refractivity contribution is 5.96. The summed E-state index contributed by atoms with van der Waals surface area (Å²) in [5, 5.41) is 4.13. The summed E-state index contributed by atoms with van der Waals surface area (Å²) in [6, 6.07) is 16.9. The maximum absolute atomic E-state index is 12.5. The molecule has 0 aliphatic carbocycles. The van der Waals surface area contributed by atoms with Crippen molar-refractivity contribution < 1.29 is 9.53 Å². The van der Waals surface area contributed by atoms with Crippen molar-refractivity contribution in [3.8, 4) is 5.75 Å². The summed E-state index contributed by atoms with van der Waals surface area (Å²) in [7, 11) is 3.18. The first-order chi connectivity index (χ1) is 12.1. The van der Waals surface area contributed by atoms with Crippen molar-refractivity contribution in [3.05, 3.63) is 76.2 Å². The summed E-state index contributed by atoms with van der Waals surface area (Å²) in [5.41, 5.74) is 1.28. The standard InChI is InChI=1S/C20H20N2O3/c1-22-18(19(23)21-11-10-14-6-4-3-5-7-14)13-15-12-16(25-2)8-9-17(15)20(22)24/h3-9,12-13H,10-11H2,1-2H3,(H,21,23). The van der Waals surface area contributed by atoms with Crippen molar-refractivity contribution in [1.29, 1.82) is 0 Å². The van der Waals surface area contributed by atoms with Crippen molar-refractivity contribution in [2.75, 3.05) is 13.7 Å². The van der Waals surface area contributed by atoms with Gasteiger partial charge in [-0.15, -0.1) is 0 Å². The van der Waals surface area contributed by atoms with Crippen LogP contribution >= 0.6 is 0 Å². The minimum atomic E-state index is -0.264. The second-order valence-corrected chi connectivity index (χ2v) is 5.84. The smallest absolute Gasteiger partial charge is 0.268 e. The summed E-state index contributed by atoms with van der Waals surface area (Å²) >= 11 is 0. The maximum atomic E-state index is 12.5. The van der Waals surface area contributed by atoms with Gasteiger partial charge in [0.15, 0.2) is 0 Å². The number of methoxy groups -OCH3 is 1. The fraction of sp³-hybridized carbons (Fsp3) is 0.200. The van der Waals surface area contributed by atoms with E-state index in [9.17, 15) is 9.59 Å². The van der Waals surface area contributed by atoms with Crippen LogP contribution in [0, 0.1) is 0 Å². The van der Waals surface area contributed by atoms with Crippen LogP contribution in [0.1, 0.15) is 16.1 Å². The SMILES string of the molecule is COc1ccc2c(=O)n(C)c(C(=O)NCCc3ccccc3)cc2c1. The summed E-state index contributed by atoms with van der Waals surface area (Å²) in [6.45, 7) is 0.507. The van der Waals surface area contributed by atoms with Crippen molar-refractivity contribution in [3.63, 3.8) is 0 Å². The van der Waals surface area contributed by atoms with Crippen LogP contribution in [-0.2, 0) is 13.5 Å². The summed E-state index contributed by atoms with van der Waals surface area (Å²) in [6.07, 6.45) is 0.738. The Morgan fingerprint density at radius 3 is 2.60 bits per heavy atom. The van der Waals surface area contributed by atoms with Gasteiger partial charge < -0.3 is 14.6 Å². The van der Waals surface area contributed by atoms with Gasteiger partial charge >= 0.3 is 0 Å². The number of nitrogens with zero attached hydrogens (tertiary/aromatic N) is 1. The van der Waals surface area contributed by atoms with Crippen molar-refractivity contribution >= 4 is 16.7 Å². The summed E-state index contributed by atoms with van der Waals surface area (Å²) in [5.74, 6) is 0.386. The van der Waals surface area contributed by atoms with Crippen molar-refractivity contribution in [2.45, 2.75) is 6.42 Å². The Labute approximate surface area is 145 Å². The quantitative estimate of drug-likeness (QED) is 0.779. The lowest BCUT2D eigenvalue weighted by Gasteiger charge is -2.11. The third-order valence-electron chi connectivity index (χ3n) is 4.22. The van der Waals surface area contributed by atoms with Gasteiger partial charge in [0.25, 0.3) is 11.5 Å². The van der Waals surface area contributed by atoms with E-state index in [4.69, 9.17) is 4.74 Å². The van der Waals surface area contributed by atoms with E-state index in [1.54, 1.807) is 38.4 Å². The topological polar surface area (TPSA) is 60.3 Å². The van der Waals surface area contributed by atoms with Crippen LogP contribution in [0.4, 0.5) is 0 Å². The lowest BCUT2D eigenvalue weighted by Crippen LogP contribution is -2.32. The average Bonchev–Trinajstić information content (AvgIpc) is 2.65. The van der Waals surface area contributed by atoms with Crippen LogP contribution in [0.15, 0.2) is 59.4 Å². The molecule has 3 rings (SSSR count). The molecule has 1 amide bonds. The Kier molecular flexibility index (Phi) is 4.84. The highest BCUT2D eigenvalue weighted by Crippen LogP contribution is 2.19. The third kappa shape index (κ3) is 3.55. The van der Waals surface area contributed by atoms with E-state index < -0.39 is 0 Å². The van der Waals surface area contributed by atoms with Gasteiger partial charge in [-0.2, -0.15) is 0 Å². The predicted molar refractivity (Wildman–Crippen MR) is 98.2 cm³/mol. The number of ether oxygens (including phenoxy) is 1. The number of pyridine rings is 1. The number of carbonyl (C=O) groups is 1. The minimum Gasteiger partial charge on any atom is -0.497 e. The Morgan fingerprint density at radius 2 is 1.88 bits per heavy atom. The monoisotopic (exact) mass is 336 g/mol. The molecule has 1 aromatic heterocycles. The Balaban J connectivity index is 1.83. The van der Waals surface area contributed by atoms with Crippen LogP contribution in [0.25, 0.3) is 10.8 Å². The number of fused-ring (bicyclic) bond motifs is 1. The van der Waals surface area contributed by atoms with Crippen LogP contribution in [-0.4, -0.2) is 24.1 Å². The highest BCUT2D eigenvalue weighted by atomic mass is 16.5. The Bertz CT molecular complexity index is 962. The highest BCUT2D eigenvalue weighted by Gasteiger charge is 2.13. The molecule has 0 radical (unpaired) electrons. The summed E-state index contributed by atoms with van der Waals surface area (Å²) < 4.78 is 6.58. The first-order valence-corrected chi connectivity index (χ1v) is 8.10. The molecule has 0 saturated carbocycles. The molecule has 1 N–H and O–H groups in total. The first-order valence-electron chi connectivity index (χ1n) is 8.10. The molecule has 0 unspecified atom stereocenters. The molecule has 0 atom stereocenters. The number of benzene rings is 2. The zero-order valence-electron chi connectivity index (χ0n) is 14.3. The van der Waals surface area contributed by atoms with Crippen LogP contribution in [0.5, 0.6) is 5.75 Å². The molecule has 0 aliphatic heterocycles. The van der Waals surface area contributed by atoms with E-state index in [1.807, 2.05) is 30.3 Å². The Hall–Kier alpha value is -3.08. The second-order valence-electron chi connectivity index (χ2n) is 5.84. The molecule has 5 nitrogen and oxygen atoms in total. The molecule has 0 spiro atoms. The van der Waals surface area contributed by atoms with Gasteiger partial charge in [0.1, 0.15) is 11.4 Å². The van der Waals surface area contributed by atoms with Crippen LogP contribution in [0.3, 0.4) is 0 Å². The molecule has 3 aromatic rings. The number of nitrogens with one attached hydrogen (secondary N) is 1. The molecule has 25 heavy (non-hydrogen) atoms. The largest absolute Gasteiger partial charge is 0.497 e. The lowest BCUT2D eigenvalue weighted by molar-refractivity contribution is 0.0945. The van der Waals surface area contributed by atoms with Gasteiger partial charge in [-0.1, -0.05) is 30.3 Å². The molecular formula is C20H20N2O3.